The molecule has 1 fully saturated rings. The fraction of sp³-hybridized carbons (Fsp3) is 0.350. The van der Waals surface area contributed by atoms with Gasteiger partial charge in [0.1, 0.15) is 12.1 Å². The quantitative estimate of drug-likeness (QED) is 0.703. The first kappa shape index (κ1) is 18.8. The Bertz CT molecular complexity index is 1060. The van der Waals surface area contributed by atoms with Crippen LogP contribution in [0.25, 0.3) is 5.78 Å². The van der Waals surface area contributed by atoms with Crippen LogP contribution in [0.1, 0.15) is 17.7 Å². The van der Waals surface area contributed by atoms with Crippen molar-refractivity contribution in [2.75, 3.05) is 42.9 Å². The van der Waals surface area contributed by atoms with Crippen LogP contribution in [0.4, 0.5) is 11.5 Å². The molecule has 0 aliphatic carbocycles. The van der Waals surface area contributed by atoms with Crippen LogP contribution in [0, 0.1) is 18.3 Å². The first-order valence-electron chi connectivity index (χ1n) is 9.57. The predicted octanol–water partition coefficient (Wildman–Crippen LogP) is 1.46. The zero-order valence-corrected chi connectivity index (χ0v) is 16.2. The van der Waals surface area contributed by atoms with Crippen LogP contribution in [0.15, 0.2) is 36.7 Å². The minimum atomic E-state index is -0.0448. The molecule has 3 aromatic rings. The van der Waals surface area contributed by atoms with E-state index in [2.05, 4.69) is 36.3 Å². The summed E-state index contributed by atoms with van der Waals surface area (Å²) in [5.74, 6) is 1.57. The lowest BCUT2D eigenvalue weighted by atomic mass is 10.2. The fourth-order valence-corrected chi connectivity index (χ4v) is 3.49. The Hall–Kier alpha value is -3.51. The van der Waals surface area contributed by atoms with Gasteiger partial charge in [0.25, 0.3) is 5.78 Å². The molecule has 3 heterocycles. The summed E-state index contributed by atoms with van der Waals surface area (Å²) in [6.45, 7) is 6.10. The lowest BCUT2D eigenvalue weighted by Crippen LogP contribution is -2.47. The number of aryl methyl sites for hydroxylation is 1. The third-order valence-electron chi connectivity index (χ3n) is 4.99. The predicted molar refractivity (Wildman–Crippen MR) is 109 cm³/mol. The lowest BCUT2D eigenvalue weighted by Gasteiger charge is -2.35. The van der Waals surface area contributed by atoms with Crippen molar-refractivity contribution in [3.63, 3.8) is 0 Å². The molecule has 0 atom stereocenters. The van der Waals surface area contributed by atoms with Gasteiger partial charge < -0.3 is 10.2 Å². The number of piperazine rings is 1. The number of anilines is 2. The number of nitrogens with one attached hydrogen (secondary N) is 1. The van der Waals surface area contributed by atoms with Crippen LogP contribution in [0.5, 0.6) is 0 Å². The van der Waals surface area contributed by atoms with E-state index in [0.29, 0.717) is 30.0 Å². The number of hydrogen-bond donors (Lipinski definition) is 1. The number of nitrogens with zero attached hydrogens (tertiary/aromatic N) is 7. The van der Waals surface area contributed by atoms with Gasteiger partial charge in [-0.3, -0.25) is 9.69 Å². The van der Waals surface area contributed by atoms with Crippen molar-refractivity contribution in [1.82, 2.24) is 24.5 Å². The molecule has 0 bridgehead atoms. The summed E-state index contributed by atoms with van der Waals surface area (Å²) < 4.78 is 1.77. The Morgan fingerprint density at radius 3 is 2.86 bits per heavy atom. The number of rotatable bonds is 5. The Labute approximate surface area is 168 Å². The van der Waals surface area contributed by atoms with Gasteiger partial charge >= 0.3 is 0 Å². The molecule has 1 aromatic carbocycles. The number of carbonyl (C=O) groups excluding carboxylic acids is 1. The average Bonchev–Trinajstić information content (AvgIpc) is 3.20. The van der Waals surface area contributed by atoms with Crippen molar-refractivity contribution in [2.24, 2.45) is 0 Å². The van der Waals surface area contributed by atoms with E-state index in [0.717, 1.165) is 37.7 Å². The molecule has 4 rings (SSSR count). The van der Waals surface area contributed by atoms with E-state index < -0.39 is 0 Å². The number of carbonyl (C=O) groups is 1. The SMILES string of the molecule is Cc1cc(N2CCN(CCC(=O)Nc3cccc(C#N)c3)CC2)n2ncnc2n1. The molecule has 1 aliphatic heterocycles. The summed E-state index contributed by atoms with van der Waals surface area (Å²) in [4.78, 5) is 25.4. The number of benzene rings is 1. The Morgan fingerprint density at radius 2 is 2.07 bits per heavy atom. The minimum absolute atomic E-state index is 0.0448. The maximum atomic E-state index is 12.2. The summed E-state index contributed by atoms with van der Waals surface area (Å²) >= 11 is 0. The molecule has 1 amide bonds. The lowest BCUT2D eigenvalue weighted by molar-refractivity contribution is -0.116. The molecule has 0 spiro atoms. The summed E-state index contributed by atoms with van der Waals surface area (Å²) in [6.07, 6.45) is 1.94. The van der Waals surface area contributed by atoms with Crippen molar-refractivity contribution in [2.45, 2.75) is 13.3 Å². The van der Waals surface area contributed by atoms with Crippen LogP contribution in [-0.4, -0.2) is 63.1 Å². The molecule has 1 N–H and O–H groups in total. The molecule has 9 heteroatoms. The first-order chi connectivity index (χ1) is 14.1. The maximum absolute atomic E-state index is 12.2. The van der Waals surface area contributed by atoms with E-state index in [1.54, 1.807) is 28.8 Å². The summed E-state index contributed by atoms with van der Waals surface area (Å²) in [6, 6.07) is 11.1. The molecule has 148 valence electrons. The zero-order chi connectivity index (χ0) is 20.2. The van der Waals surface area contributed by atoms with Gasteiger partial charge in [-0.15, -0.1) is 0 Å². The summed E-state index contributed by atoms with van der Waals surface area (Å²) in [7, 11) is 0. The summed E-state index contributed by atoms with van der Waals surface area (Å²) in [5, 5.41) is 16.1. The Morgan fingerprint density at radius 1 is 1.24 bits per heavy atom. The van der Waals surface area contributed by atoms with Crippen LogP contribution in [0.3, 0.4) is 0 Å². The third-order valence-corrected chi connectivity index (χ3v) is 4.99. The van der Waals surface area contributed by atoms with Crippen LogP contribution < -0.4 is 10.2 Å². The molecule has 0 unspecified atom stereocenters. The van der Waals surface area contributed by atoms with E-state index in [1.807, 2.05) is 13.0 Å². The molecule has 1 aliphatic rings. The van der Waals surface area contributed by atoms with Crippen LogP contribution in [-0.2, 0) is 4.79 Å². The van der Waals surface area contributed by atoms with Crippen molar-refractivity contribution in [3.05, 3.63) is 47.9 Å². The highest BCUT2D eigenvalue weighted by Gasteiger charge is 2.20. The molecule has 0 saturated carbocycles. The number of aromatic nitrogens is 4. The van der Waals surface area contributed by atoms with Crippen molar-refractivity contribution in [3.8, 4) is 6.07 Å². The molecule has 1 saturated heterocycles. The zero-order valence-electron chi connectivity index (χ0n) is 16.2. The second-order valence-electron chi connectivity index (χ2n) is 7.05. The highest BCUT2D eigenvalue weighted by Crippen LogP contribution is 2.18. The normalized spacial score (nSPS) is 14.7. The second-order valence-corrected chi connectivity index (χ2v) is 7.05. The number of nitriles is 1. The molecule has 0 radical (unpaired) electrons. The fourth-order valence-electron chi connectivity index (χ4n) is 3.49. The van der Waals surface area contributed by atoms with E-state index in [9.17, 15) is 4.79 Å². The largest absolute Gasteiger partial charge is 0.354 e. The van der Waals surface area contributed by atoms with Crippen molar-refractivity contribution < 1.29 is 4.79 Å². The van der Waals surface area contributed by atoms with Gasteiger partial charge in [-0.25, -0.2) is 4.98 Å². The van der Waals surface area contributed by atoms with Gasteiger partial charge in [0, 0.05) is 56.6 Å². The van der Waals surface area contributed by atoms with Gasteiger partial charge in [-0.05, 0) is 25.1 Å². The van der Waals surface area contributed by atoms with Gasteiger partial charge in [0.15, 0.2) is 0 Å². The number of amides is 1. The van der Waals surface area contributed by atoms with E-state index in [4.69, 9.17) is 5.26 Å². The minimum Gasteiger partial charge on any atom is -0.354 e. The van der Waals surface area contributed by atoms with Crippen molar-refractivity contribution >= 4 is 23.2 Å². The van der Waals surface area contributed by atoms with E-state index >= 15 is 0 Å². The highest BCUT2D eigenvalue weighted by molar-refractivity contribution is 5.90. The smallest absolute Gasteiger partial charge is 0.254 e. The molecule has 2 aromatic heterocycles. The topological polar surface area (TPSA) is 102 Å². The van der Waals surface area contributed by atoms with E-state index in [-0.39, 0.29) is 5.91 Å². The molecular formula is C20H22N8O. The van der Waals surface area contributed by atoms with Gasteiger partial charge in [0.05, 0.1) is 11.6 Å². The first-order valence-corrected chi connectivity index (χ1v) is 9.57. The van der Waals surface area contributed by atoms with Crippen molar-refractivity contribution in [1.29, 1.82) is 5.26 Å². The van der Waals surface area contributed by atoms with Gasteiger partial charge in [-0.2, -0.15) is 19.9 Å². The molecular weight excluding hydrogens is 368 g/mol. The second kappa shape index (κ2) is 8.24. The third kappa shape index (κ3) is 4.33. The monoisotopic (exact) mass is 390 g/mol. The van der Waals surface area contributed by atoms with Crippen LogP contribution in [0.2, 0.25) is 0 Å². The standard InChI is InChI=1S/C20H22N8O/c1-15-11-19(28-20(24-15)22-14-23-28)27-9-7-26(8-10-27)6-5-18(29)25-17-4-2-3-16(12-17)13-21/h2-4,11-12,14H,5-10H2,1H3,(H,25,29). The molecule has 29 heavy (non-hydrogen) atoms. The Kier molecular flexibility index (Phi) is 5.35. The molecule has 9 nitrogen and oxygen atoms in total. The van der Waals surface area contributed by atoms with E-state index in [1.165, 1.54) is 6.33 Å². The van der Waals surface area contributed by atoms with Gasteiger partial charge in [0.2, 0.25) is 5.91 Å². The Balaban J connectivity index is 1.29. The highest BCUT2D eigenvalue weighted by atomic mass is 16.1. The average molecular weight is 390 g/mol. The number of fused-ring (bicyclic) bond motifs is 1. The maximum Gasteiger partial charge on any atom is 0.254 e. The number of hydrogen-bond acceptors (Lipinski definition) is 7. The van der Waals surface area contributed by atoms with Gasteiger partial charge in [-0.1, -0.05) is 6.07 Å². The van der Waals surface area contributed by atoms with Crippen LogP contribution >= 0.6 is 0 Å². The summed E-state index contributed by atoms with van der Waals surface area (Å²) in [5.41, 5.74) is 2.11.